The van der Waals surface area contributed by atoms with E-state index in [9.17, 15) is 14.9 Å². The molecule has 30 heavy (non-hydrogen) atoms. The summed E-state index contributed by atoms with van der Waals surface area (Å²) >= 11 is 0. The highest BCUT2D eigenvalue weighted by Crippen LogP contribution is 2.30. The van der Waals surface area contributed by atoms with E-state index >= 15 is 0 Å². The lowest BCUT2D eigenvalue weighted by molar-refractivity contribution is -0.384. The standard InChI is InChI=1S/C23H22N4O3/c1-17-7-9-19(10-8-17)23(28)26-15-13-25(14-16-26)21-12-11-20(27(29)30)22(24-21)18-5-3-2-4-6-18/h2-12H,13-16H2,1H3. The van der Waals surface area contributed by atoms with Gasteiger partial charge >= 0.3 is 0 Å². The average Bonchev–Trinajstić information content (AvgIpc) is 2.79. The Kier molecular flexibility index (Phi) is 5.43. The van der Waals surface area contributed by atoms with Gasteiger partial charge in [-0.15, -0.1) is 0 Å². The van der Waals surface area contributed by atoms with Gasteiger partial charge in [0.05, 0.1) is 4.92 Å². The summed E-state index contributed by atoms with van der Waals surface area (Å²) < 4.78 is 0. The minimum atomic E-state index is -0.405. The first-order valence-electron chi connectivity index (χ1n) is 9.84. The van der Waals surface area contributed by atoms with Gasteiger partial charge in [0.2, 0.25) is 0 Å². The van der Waals surface area contributed by atoms with Gasteiger partial charge in [0, 0.05) is 43.4 Å². The molecule has 1 amide bonds. The summed E-state index contributed by atoms with van der Waals surface area (Å²) in [7, 11) is 0. The van der Waals surface area contributed by atoms with E-state index in [-0.39, 0.29) is 11.6 Å². The molecule has 0 spiro atoms. The van der Waals surface area contributed by atoms with Crippen molar-refractivity contribution in [3.8, 4) is 11.3 Å². The number of piperazine rings is 1. The van der Waals surface area contributed by atoms with Crippen LogP contribution in [-0.4, -0.2) is 46.9 Å². The van der Waals surface area contributed by atoms with Gasteiger partial charge in [-0.2, -0.15) is 0 Å². The van der Waals surface area contributed by atoms with Crippen LogP contribution in [0.15, 0.2) is 66.7 Å². The minimum Gasteiger partial charge on any atom is -0.353 e. The monoisotopic (exact) mass is 402 g/mol. The van der Waals surface area contributed by atoms with Crippen molar-refractivity contribution in [1.82, 2.24) is 9.88 Å². The Hall–Kier alpha value is -3.74. The molecule has 0 unspecified atom stereocenters. The quantitative estimate of drug-likeness (QED) is 0.488. The lowest BCUT2D eigenvalue weighted by Crippen LogP contribution is -2.49. The maximum Gasteiger partial charge on any atom is 0.295 e. The van der Waals surface area contributed by atoms with E-state index in [0.717, 1.165) is 5.56 Å². The third-order valence-electron chi connectivity index (χ3n) is 5.29. The second-order valence-electron chi connectivity index (χ2n) is 7.31. The molecule has 2 heterocycles. The Balaban J connectivity index is 1.51. The van der Waals surface area contributed by atoms with E-state index in [1.165, 1.54) is 6.07 Å². The second kappa shape index (κ2) is 8.32. The van der Waals surface area contributed by atoms with E-state index in [0.29, 0.717) is 48.8 Å². The highest BCUT2D eigenvalue weighted by Gasteiger charge is 2.25. The zero-order chi connectivity index (χ0) is 21.1. The van der Waals surface area contributed by atoms with E-state index in [2.05, 4.69) is 9.88 Å². The van der Waals surface area contributed by atoms with Crippen molar-refractivity contribution in [3.63, 3.8) is 0 Å². The molecule has 0 radical (unpaired) electrons. The summed E-state index contributed by atoms with van der Waals surface area (Å²) in [6.07, 6.45) is 0. The molecule has 0 aliphatic carbocycles. The Morgan fingerprint density at radius 3 is 2.23 bits per heavy atom. The van der Waals surface area contributed by atoms with Crippen LogP contribution in [-0.2, 0) is 0 Å². The molecule has 1 saturated heterocycles. The second-order valence-corrected chi connectivity index (χ2v) is 7.31. The lowest BCUT2D eigenvalue weighted by Gasteiger charge is -2.35. The fourth-order valence-corrected chi connectivity index (χ4v) is 3.59. The number of aryl methyl sites for hydroxylation is 1. The number of hydrogen-bond acceptors (Lipinski definition) is 5. The molecule has 4 rings (SSSR count). The molecule has 7 heteroatoms. The van der Waals surface area contributed by atoms with E-state index in [1.807, 2.05) is 66.4 Å². The molecule has 1 fully saturated rings. The smallest absolute Gasteiger partial charge is 0.295 e. The Morgan fingerprint density at radius 2 is 1.60 bits per heavy atom. The number of carbonyl (C=O) groups is 1. The Morgan fingerprint density at radius 1 is 0.933 bits per heavy atom. The van der Waals surface area contributed by atoms with Crippen molar-refractivity contribution in [1.29, 1.82) is 0 Å². The summed E-state index contributed by atoms with van der Waals surface area (Å²) in [5.74, 6) is 0.707. The molecular formula is C23H22N4O3. The van der Waals surface area contributed by atoms with Crippen LogP contribution in [0.5, 0.6) is 0 Å². The van der Waals surface area contributed by atoms with Crippen molar-refractivity contribution >= 4 is 17.4 Å². The van der Waals surface area contributed by atoms with Gasteiger partial charge in [0.25, 0.3) is 11.6 Å². The van der Waals surface area contributed by atoms with Crippen molar-refractivity contribution in [2.75, 3.05) is 31.1 Å². The van der Waals surface area contributed by atoms with E-state index in [1.54, 1.807) is 6.07 Å². The predicted octanol–water partition coefficient (Wildman–Crippen LogP) is 3.93. The number of amides is 1. The summed E-state index contributed by atoms with van der Waals surface area (Å²) in [5.41, 5.74) is 2.86. The SMILES string of the molecule is Cc1ccc(C(=O)N2CCN(c3ccc([N+](=O)[O-])c(-c4ccccc4)n3)CC2)cc1. The highest BCUT2D eigenvalue weighted by molar-refractivity contribution is 5.94. The molecule has 7 nitrogen and oxygen atoms in total. The average molecular weight is 402 g/mol. The van der Waals surface area contributed by atoms with Crippen LogP contribution >= 0.6 is 0 Å². The number of hydrogen-bond donors (Lipinski definition) is 0. The van der Waals surface area contributed by atoms with Gasteiger partial charge in [-0.05, 0) is 25.1 Å². The minimum absolute atomic E-state index is 0.0156. The molecule has 1 aliphatic heterocycles. The van der Waals surface area contributed by atoms with Crippen molar-refractivity contribution in [2.45, 2.75) is 6.92 Å². The van der Waals surface area contributed by atoms with Crippen molar-refractivity contribution in [2.24, 2.45) is 0 Å². The third kappa shape index (κ3) is 4.00. The number of rotatable bonds is 4. The van der Waals surface area contributed by atoms with Crippen LogP contribution in [0.4, 0.5) is 11.5 Å². The number of nitrogens with zero attached hydrogens (tertiary/aromatic N) is 4. The van der Waals surface area contributed by atoms with Gasteiger partial charge in [-0.1, -0.05) is 48.0 Å². The van der Waals surface area contributed by atoms with E-state index in [4.69, 9.17) is 0 Å². The molecule has 0 N–H and O–H groups in total. The number of anilines is 1. The molecule has 0 saturated carbocycles. The Bertz CT molecular complexity index is 1060. The van der Waals surface area contributed by atoms with Crippen molar-refractivity contribution in [3.05, 3.63) is 88.0 Å². The van der Waals surface area contributed by atoms with Gasteiger partial charge in [0.1, 0.15) is 5.82 Å². The maximum atomic E-state index is 12.7. The van der Waals surface area contributed by atoms with Crippen LogP contribution in [0.2, 0.25) is 0 Å². The first-order valence-corrected chi connectivity index (χ1v) is 9.84. The number of benzene rings is 2. The normalized spacial score (nSPS) is 13.9. The van der Waals surface area contributed by atoms with Gasteiger partial charge in [0.15, 0.2) is 5.69 Å². The van der Waals surface area contributed by atoms with E-state index < -0.39 is 4.92 Å². The molecular weight excluding hydrogens is 380 g/mol. The topological polar surface area (TPSA) is 79.6 Å². The van der Waals surface area contributed by atoms with Crippen LogP contribution in [0.3, 0.4) is 0 Å². The lowest BCUT2D eigenvalue weighted by atomic mass is 10.1. The highest BCUT2D eigenvalue weighted by atomic mass is 16.6. The van der Waals surface area contributed by atoms with Gasteiger partial charge < -0.3 is 9.80 Å². The zero-order valence-corrected chi connectivity index (χ0v) is 16.7. The molecule has 2 aromatic carbocycles. The van der Waals surface area contributed by atoms with Crippen LogP contribution < -0.4 is 4.90 Å². The number of carbonyl (C=O) groups excluding carboxylic acids is 1. The molecule has 0 bridgehead atoms. The summed E-state index contributed by atoms with van der Waals surface area (Å²) in [6.45, 7) is 4.39. The fourth-order valence-electron chi connectivity index (χ4n) is 3.59. The third-order valence-corrected chi connectivity index (χ3v) is 5.29. The summed E-state index contributed by atoms with van der Waals surface area (Å²) in [6, 6.07) is 20.0. The molecule has 1 aliphatic rings. The van der Waals surface area contributed by atoms with Gasteiger partial charge in [-0.3, -0.25) is 14.9 Å². The molecule has 3 aromatic rings. The molecule has 0 atom stereocenters. The first kappa shape index (κ1) is 19.6. The number of aromatic nitrogens is 1. The molecule has 1 aromatic heterocycles. The number of pyridine rings is 1. The summed E-state index contributed by atoms with van der Waals surface area (Å²) in [5, 5.41) is 11.5. The van der Waals surface area contributed by atoms with Crippen molar-refractivity contribution < 1.29 is 9.72 Å². The van der Waals surface area contributed by atoms with Crippen LogP contribution in [0, 0.1) is 17.0 Å². The fraction of sp³-hybridized carbons (Fsp3) is 0.217. The number of nitro groups is 1. The van der Waals surface area contributed by atoms with Gasteiger partial charge in [-0.25, -0.2) is 4.98 Å². The van der Waals surface area contributed by atoms with Crippen LogP contribution in [0.25, 0.3) is 11.3 Å². The maximum absolute atomic E-state index is 12.7. The zero-order valence-electron chi connectivity index (χ0n) is 16.7. The largest absolute Gasteiger partial charge is 0.353 e. The summed E-state index contributed by atoms with van der Waals surface area (Å²) in [4.78, 5) is 32.3. The Labute approximate surface area is 174 Å². The predicted molar refractivity (Wildman–Crippen MR) is 116 cm³/mol. The first-order chi connectivity index (χ1) is 14.5. The van der Waals surface area contributed by atoms with Crippen LogP contribution in [0.1, 0.15) is 15.9 Å². The molecule has 152 valence electrons.